The third-order valence-corrected chi connectivity index (χ3v) is 4.43. The molecule has 0 spiro atoms. The SMILES string of the molecule is CC1(N(CC2CCCCC2)C2(C)CO2)CO1. The summed E-state index contributed by atoms with van der Waals surface area (Å²) in [5, 5.41) is 0. The van der Waals surface area contributed by atoms with Crippen LogP contribution in [-0.2, 0) is 9.47 Å². The molecule has 1 aliphatic carbocycles. The number of ether oxygens (including phenoxy) is 2. The van der Waals surface area contributed by atoms with Crippen LogP contribution in [0.1, 0.15) is 46.0 Å². The van der Waals surface area contributed by atoms with Crippen molar-refractivity contribution in [3.8, 4) is 0 Å². The quantitative estimate of drug-likeness (QED) is 0.688. The van der Waals surface area contributed by atoms with Crippen molar-refractivity contribution in [2.75, 3.05) is 19.8 Å². The largest absolute Gasteiger partial charge is 0.354 e. The lowest BCUT2D eigenvalue weighted by molar-refractivity contribution is -0.0211. The fourth-order valence-corrected chi connectivity index (χ4v) is 3.03. The van der Waals surface area contributed by atoms with Gasteiger partial charge in [0.25, 0.3) is 0 Å². The minimum absolute atomic E-state index is 0.0251. The first-order chi connectivity index (χ1) is 7.62. The van der Waals surface area contributed by atoms with Crippen LogP contribution in [0.2, 0.25) is 0 Å². The monoisotopic (exact) mass is 225 g/mol. The van der Waals surface area contributed by atoms with Crippen LogP contribution in [0.15, 0.2) is 0 Å². The van der Waals surface area contributed by atoms with Gasteiger partial charge in [-0.3, -0.25) is 0 Å². The summed E-state index contributed by atoms with van der Waals surface area (Å²) in [6.07, 6.45) is 7.03. The van der Waals surface area contributed by atoms with Crippen LogP contribution in [0.4, 0.5) is 0 Å². The van der Waals surface area contributed by atoms with E-state index in [2.05, 4.69) is 18.7 Å². The van der Waals surface area contributed by atoms with Crippen LogP contribution in [0.25, 0.3) is 0 Å². The van der Waals surface area contributed by atoms with Gasteiger partial charge in [0.05, 0.1) is 13.2 Å². The molecule has 16 heavy (non-hydrogen) atoms. The van der Waals surface area contributed by atoms with Gasteiger partial charge in [0.1, 0.15) is 11.4 Å². The molecule has 3 rings (SSSR count). The number of epoxide rings is 2. The Labute approximate surface area is 98.1 Å². The van der Waals surface area contributed by atoms with E-state index in [9.17, 15) is 0 Å². The zero-order valence-electron chi connectivity index (χ0n) is 10.5. The Bertz CT molecular complexity index is 247. The Hall–Kier alpha value is -0.120. The van der Waals surface area contributed by atoms with Gasteiger partial charge >= 0.3 is 0 Å². The first-order valence-electron chi connectivity index (χ1n) is 6.68. The summed E-state index contributed by atoms with van der Waals surface area (Å²) in [6, 6.07) is 0. The van der Waals surface area contributed by atoms with Gasteiger partial charge in [0.15, 0.2) is 0 Å². The average molecular weight is 225 g/mol. The topological polar surface area (TPSA) is 28.3 Å². The summed E-state index contributed by atoms with van der Waals surface area (Å²) in [4.78, 5) is 2.47. The van der Waals surface area contributed by atoms with Crippen molar-refractivity contribution in [3.05, 3.63) is 0 Å². The molecule has 2 atom stereocenters. The molecule has 1 saturated carbocycles. The molecular weight excluding hydrogens is 202 g/mol. The maximum atomic E-state index is 5.61. The summed E-state index contributed by atoms with van der Waals surface area (Å²) >= 11 is 0. The second-order valence-corrected chi connectivity index (χ2v) is 6.04. The molecule has 0 aromatic carbocycles. The molecule has 0 amide bonds. The first kappa shape index (κ1) is 11.0. The maximum absolute atomic E-state index is 5.61. The lowest BCUT2D eigenvalue weighted by Crippen LogP contribution is -2.48. The van der Waals surface area contributed by atoms with Gasteiger partial charge in [-0.25, -0.2) is 4.90 Å². The van der Waals surface area contributed by atoms with Gasteiger partial charge < -0.3 is 9.47 Å². The molecule has 2 unspecified atom stereocenters. The van der Waals surface area contributed by atoms with Crippen molar-refractivity contribution in [1.82, 2.24) is 4.90 Å². The zero-order chi connectivity index (χ0) is 11.2. The number of nitrogens with zero attached hydrogens (tertiary/aromatic N) is 1. The van der Waals surface area contributed by atoms with Crippen molar-refractivity contribution in [2.45, 2.75) is 57.4 Å². The Kier molecular flexibility index (Phi) is 2.54. The summed E-state index contributed by atoms with van der Waals surface area (Å²) < 4.78 is 11.2. The normalized spacial score (nSPS) is 43.7. The highest BCUT2D eigenvalue weighted by Gasteiger charge is 2.58. The Balaban J connectivity index is 1.64. The molecular formula is C13H23NO2. The molecule has 3 fully saturated rings. The van der Waals surface area contributed by atoms with E-state index in [1.54, 1.807) is 0 Å². The van der Waals surface area contributed by atoms with E-state index in [-0.39, 0.29) is 11.4 Å². The third kappa shape index (κ3) is 2.01. The molecule has 3 nitrogen and oxygen atoms in total. The molecule has 0 radical (unpaired) electrons. The van der Waals surface area contributed by atoms with Crippen LogP contribution < -0.4 is 0 Å². The van der Waals surface area contributed by atoms with Crippen molar-refractivity contribution in [3.63, 3.8) is 0 Å². The van der Waals surface area contributed by atoms with E-state index in [0.29, 0.717) is 0 Å². The predicted octanol–water partition coefficient (Wildman–Crippen LogP) is 2.36. The minimum atomic E-state index is -0.0251. The van der Waals surface area contributed by atoms with Gasteiger partial charge in [-0.05, 0) is 32.6 Å². The Morgan fingerprint density at radius 1 is 1.00 bits per heavy atom. The summed E-state index contributed by atoms with van der Waals surface area (Å²) in [7, 11) is 0. The minimum Gasteiger partial charge on any atom is -0.354 e. The smallest absolute Gasteiger partial charge is 0.144 e. The van der Waals surface area contributed by atoms with E-state index < -0.39 is 0 Å². The highest BCUT2D eigenvalue weighted by Crippen LogP contribution is 2.44. The molecule has 0 bridgehead atoms. The molecule has 3 heteroatoms. The molecule has 2 saturated heterocycles. The van der Waals surface area contributed by atoms with Crippen molar-refractivity contribution in [1.29, 1.82) is 0 Å². The number of hydrogen-bond donors (Lipinski definition) is 0. The van der Waals surface area contributed by atoms with Crippen molar-refractivity contribution in [2.24, 2.45) is 5.92 Å². The van der Waals surface area contributed by atoms with Crippen molar-refractivity contribution < 1.29 is 9.47 Å². The van der Waals surface area contributed by atoms with Crippen LogP contribution in [0, 0.1) is 5.92 Å². The van der Waals surface area contributed by atoms with E-state index in [1.165, 1.54) is 32.1 Å². The Morgan fingerprint density at radius 3 is 1.94 bits per heavy atom. The molecule has 0 aromatic heterocycles. The van der Waals surface area contributed by atoms with Crippen LogP contribution >= 0.6 is 0 Å². The Morgan fingerprint density at radius 2 is 1.50 bits per heavy atom. The van der Waals surface area contributed by atoms with E-state index in [1.807, 2.05) is 0 Å². The molecule has 3 aliphatic rings. The average Bonchev–Trinajstić information content (AvgIpc) is 3.18. The molecule has 0 N–H and O–H groups in total. The van der Waals surface area contributed by atoms with Gasteiger partial charge in [0.2, 0.25) is 0 Å². The lowest BCUT2D eigenvalue weighted by atomic mass is 9.88. The summed E-state index contributed by atoms with van der Waals surface area (Å²) in [6.45, 7) is 7.30. The van der Waals surface area contributed by atoms with E-state index >= 15 is 0 Å². The van der Waals surface area contributed by atoms with Crippen molar-refractivity contribution >= 4 is 0 Å². The molecule has 2 heterocycles. The second-order valence-electron chi connectivity index (χ2n) is 6.04. The standard InChI is InChI=1S/C13H23NO2/c1-12(9-15-12)14(13(2)10-16-13)8-11-6-4-3-5-7-11/h11H,3-10H2,1-2H3. The fourth-order valence-electron chi connectivity index (χ4n) is 3.03. The van der Waals surface area contributed by atoms with Gasteiger partial charge in [-0.1, -0.05) is 19.3 Å². The molecule has 0 aromatic rings. The summed E-state index contributed by atoms with van der Waals surface area (Å²) in [5.41, 5.74) is -0.0502. The zero-order valence-corrected chi connectivity index (χ0v) is 10.5. The second kappa shape index (κ2) is 3.69. The lowest BCUT2D eigenvalue weighted by Gasteiger charge is -2.35. The van der Waals surface area contributed by atoms with Gasteiger partial charge in [-0.15, -0.1) is 0 Å². The molecule has 2 aliphatic heterocycles. The highest BCUT2D eigenvalue weighted by atomic mass is 16.7. The fraction of sp³-hybridized carbons (Fsp3) is 1.00. The van der Waals surface area contributed by atoms with Crippen LogP contribution in [0.5, 0.6) is 0 Å². The number of rotatable bonds is 4. The maximum Gasteiger partial charge on any atom is 0.144 e. The van der Waals surface area contributed by atoms with Gasteiger partial charge in [-0.2, -0.15) is 0 Å². The van der Waals surface area contributed by atoms with E-state index in [0.717, 1.165) is 25.7 Å². The third-order valence-electron chi connectivity index (χ3n) is 4.43. The van der Waals surface area contributed by atoms with E-state index in [4.69, 9.17) is 9.47 Å². The first-order valence-corrected chi connectivity index (χ1v) is 6.68. The highest BCUT2D eigenvalue weighted by molar-refractivity contribution is 4.99. The van der Waals surface area contributed by atoms with Crippen LogP contribution in [-0.4, -0.2) is 36.1 Å². The molecule has 92 valence electrons. The van der Waals surface area contributed by atoms with Crippen LogP contribution in [0.3, 0.4) is 0 Å². The summed E-state index contributed by atoms with van der Waals surface area (Å²) in [5.74, 6) is 0.857. The number of hydrogen-bond acceptors (Lipinski definition) is 3. The van der Waals surface area contributed by atoms with Gasteiger partial charge in [0, 0.05) is 6.54 Å². The predicted molar refractivity (Wildman–Crippen MR) is 62.0 cm³/mol.